The van der Waals surface area contributed by atoms with Crippen molar-refractivity contribution >= 4 is 21.6 Å². The second-order valence-electron chi connectivity index (χ2n) is 7.49. The molecule has 0 aromatic heterocycles. The number of hydrogen-bond acceptors (Lipinski definition) is 4. The van der Waals surface area contributed by atoms with E-state index >= 15 is 0 Å². The van der Waals surface area contributed by atoms with Gasteiger partial charge in [-0.25, -0.2) is 8.42 Å². The monoisotopic (exact) mass is 365 g/mol. The Morgan fingerprint density at radius 3 is 2.32 bits per heavy atom. The van der Waals surface area contributed by atoms with Gasteiger partial charge in [-0.2, -0.15) is 0 Å². The Hall–Kier alpha value is -1.60. The molecule has 0 spiro atoms. The van der Waals surface area contributed by atoms with E-state index in [1.165, 1.54) is 6.42 Å². The lowest BCUT2D eigenvalue weighted by Crippen LogP contribution is -2.49. The van der Waals surface area contributed by atoms with Gasteiger partial charge in [-0.05, 0) is 55.2 Å². The van der Waals surface area contributed by atoms with Crippen molar-refractivity contribution in [3.8, 4) is 0 Å². The summed E-state index contributed by atoms with van der Waals surface area (Å²) in [5.41, 5.74) is 7.75. The predicted molar refractivity (Wildman–Crippen MR) is 98.3 cm³/mol. The summed E-state index contributed by atoms with van der Waals surface area (Å²) < 4.78 is 24.8. The lowest BCUT2D eigenvalue weighted by Gasteiger charge is -2.43. The number of nitrogens with one attached hydrogen (secondary N) is 2. The molecule has 2 aliphatic rings. The van der Waals surface area contributed by atoms with Gasteiger partial charge in [0.05, 0.1) is 6.26 Å². The van der Waals surface area contributed by atoms with Crippen LogP contribution in [-0.2, 0) is 21.4 Å². The third kappa shape index (κ3) is 4.73. The average molecular weight is 365 g/mol. The van der Waals surface area contributed by atoms with Crippen LogP contribution in [0.2, 0.25) is 0 Å². The lowest BCUT2D eigenvalue weighted by atomic mass is 9.65. The number of carbonyl (C=O) groups excluding carboxylic acids is 1. The van der Waals surface area contributed by atoms with Crippen LogP contribution in [0.3, 0.4) is 0 Å². The van der Waals surface area contributed by atoms with E-state index in [-0.39, 0.29) is 17.9 Å². The SMILES string of the molecule is CS(=O)(=O)Nc1ccc(CNC(=O)C2CC3CCCC(C2)C3N)cc1. The van der Waals surface area contributed by atoms with Crippen molar-refractivity contribution < 1.29 is 13.2 Å². The van der Waals surface area contributed by atoms with E-state index in [4.69, 9.17) is 5.73 Å². The largest absolute Gasteiger partial charge is 0.352 e. The first-order chi connectivity index (χ1) is 11.8. The van der Waals surface area contributed by atoms with Gasteiger partial charge >= 0.3 is 0 Å². The summed E-state index contributed by atoms with van der Waals surface area (Å²) in [6, 6.07) is 7.31. The molecule has 7 heteroatoms. The lowest BCUT2D eigenvalue weighted by molar-refractivity contribution is -0.128. The van der Waals surface area contributed by atoms with E-state index in [1.807, 2.05) is 12.1 Å². The van der Waals surface area contributed by atoms with Gasteiger partial charge in [0.25, 0.3) is 0 Å². The zero-order valence-electron chi connectivity index (χ0n) is 14.6. The predicted octanol–water partition coefficient (Wildman–Crippen LogP) is 1.83. The minimum atomic E-state index is -3.27. The number of benzene rings is 1. The molecule has 2 saturated carbocycles. The minimum absolute atomic E-state index is 0.0706. The van der Waals surface area contributed by atoms with Crippen molar-refractivity contribution in [2.45, 2.75) is 44.7 Å². The molecule has 0 heterocycles. The Kier molecular flexibility index (Phi) is 5.34. The summed E-state index contributed by atoms with van der Waals surface area (Å²) in [6.07, 6.45) is 6.46. The van der Waals surface area contributed by atoms with Crippen LogP contribution >= 0.6 is 0 Å². The van der Waals surface area contributed by atoms with Gasteiger partial charge < -0.3 is 11.1 Å². The van der Waals surface area contributed by atoms with Gasteiger partial charge in [0.1, 0.15) is 0 Å². The number of carbonyl (C=O) groups is 1. The molecule has 2 fully saturated rings. The molecule has 0 saturated heterocycles. The summed E-state index contributed by atoms with van der Waals surface area (Å²) in [7, 11) is -3.27. The number of sulfonamides is 1. The maximum atomic E-state index is 12.5. The first-order valence-electron chi connectivity index (χ1n) is 8.92. The van der Waals surface area contributed by atoms with Gasteiger partial charge in [0.15, 0.2) is 0 Å². The van der Waals surface area contributed by atoms with Crippen LogP contribution in [0, 0.1) is 17.8 Å². The summed E-state index contributed by atoms with van der Waals surface area (Å²) in [5.74, 6) is 1.16. The maximum Gasteiger partial charge on any atom is 0.229 e. The molecule has 0 radical (unpaired) electrons. The Balaban J connectivity index is 1.52. The maximum absolute atomic E-state index is 12.5. The molecule has 2 unspecified atom stereocenters. The van der Waals surface area contributed by atoms with Crippen LogP contribution < -0.4 is 15.8 Å². The molecule has 1 aromatic rings. The second-order valence-corrected chi connectivity index (χ2v) is 9.23. The molecule has 2 atom stereocenters. The Bertz CT molecular complexity index is 704. The van der Waals surface area contributed by atoms with E-state index in [1.54, 1.807) is 12.1 Å². The zero-order chi connectivity index (χ0) is 18.0. The molecule has 1 amide bonds. The minimum Gasteiger partial charge on any atom is -0.352 e. The molecule has 138 valence electrons. The molecule has 6 nitrogen and oxygen atoms in total. The van der Waals surface area contributed by atoms with E-state index in [0.29, 0.717) is 24.1 Å². The molecule has 0 aliphatic heterocycles. The molecule has 2 bridgehead atoms. The van der Waals surface area contributed by atoms with Crippen LogP contribution in [0.25, 0.3) is 0 Å². The highest BCUT2D eigenvalue weighted by Crippen LogP contribution is 2.41. The topological polar surface area (TPSA) is 101 Å². The van der Waals surface area contributed by atoms with Crippen LogP contribution in [0.4, 0.5) is 5.69 Å². The molecule has 3 rings (SSSR count). The van der Waals surface area contributed by atoms with Crippen LogP contribution in [-0.4, -0.2) is 26.6 Å². The van der Waals surface area contributed by atoms with Crippen LogP contribution in [0.1, 0.15) is 37.7 Å². The first-order valence-corrected chi connectivity index (χ1v) is 10.8. The normalized spacial score (nSPS) is 29.0. The average Bonchev–Trinajstić information content (AvgIpc) is 2.52. The summed E-state index contributed by atoms with van der Waals surface area (Å²) >= 11 is 0. The molecule has 4 N–H and O–H groups in total. The summed E-state index contributed by atoms with van der Waals surface area (Å²) in [6.45, 7) is 0.454. The quantitative estimate of drug-likeness (QED) is 0.741. The number of anilines is 1. The van der Waals surface area contributed by atoms with E-state index in [2.05, 4.69) is 10.0 Å². The van der Waals surface area contributed by atoms with E-state index in [9.17, 15) is 13.2 Å². The summed E-state index contributed by atoms with van der Waals surface area (Å²) in [4.78, 5) is 12.5. The second kappa shape index (κ2) is 7.33. The van der Waals surface area contributed by atoms with Gasteiger partial charge in [0, 0.05) is 24.2 Å². The molecule has 2 aliphatic carbocycles. The van der Waals surface area contributed by atoms with Crippen molar-refractivity contribution in [3.63, 3.8) is 0 Å². The number of hydrogen-bond donors (Lipinski definition) is 3. The smallest absolute Gasteiger partial charge is 0.229 e. The molecule has 1 aromatic carbocycles. The van der Waals surface area contributed by atoms with Crippen LogP contribution in [0.5, 0.6) is 0 Å². The number of amides is 1. The van der Waals surface area contributed by atoms with Gasteiger partial charge in [-0.1, -0.05) is 18.6 Å². The van der Waals surface area contributed by atoms with Crippen molar-refractivity contribution in [1.82, 2.24) is 5.32 Å². The fourth-order valence-electron chi connectivity index (χ4n) is 4.24. The Morgan fingerprint density at radius 2 is 1.76 bits per heavy atom. The van der Waals surface area contributed by atoms with Gasteiger partial charge in [-0.3, -0.25) is 9.52 Å². The first kappa shape index (κ1) is 18.2. The van der Waals surface area contributed by atoms with Gasteiger partial charge in [0.2, 0.25) is 15.9 Å². The highest BCUT2D eigenvalue weighted by Gasteiger charge is 2.40. The third-order valence-electron chi connectivity index (χ3n) is 5.51. The van der Waals surface area contributed by atoms with Gasteiger partial charge in [-0.15, -0.1) is 0 Å². The third-order valence-corrected chi connectivity index (χ3v) is 6.11. The summed E-state index contributed by atoms with van der Waals surface area (Å²) in [5, 5.41) is 3.02. The van der Waals surface area contributed by atoms with Crippen molar-refractivity contribution in [3.05, 3.63) is 29.8 Å². The molecule has 25 heavy (non-hydrogen) atoms. The van der Waals surface area contributed by atoms with Crippen molar-refractivity contribution in [2.75, 3.05) is 11.0 Å². The Morgan fingerprint density at radius 1 is 1.16 bits per heavy atom. The number of fused-ring (bicyclic) bond motifs is 2. The van der Waals surface area contributed by atoms with E-state index in [0.717, 1.165) is 37.5 Å². The van der Waals surface area contributed by atoms with Crippen molar-refractivity contribution in [1.29, 1.82) is 0 Å². The molecular weight excluding hydrogens is 338 g/mol. The zero-order valence-corrected chi connectivity index (χ0v) is 15.4. The molecular formula is C18H27N3O3S. The fourth-order valence-corrected chi connectivity index (χ4v) is 4.81. The Labute approximate surface area is 149 Å². The van der Waals surface area contributed by atoms with E-state index < -0.39 is 10.0 Å². The van der Waals surface area contributed by atoms with Crippen LogP contribution in [0.15, 0.2) is 24.3 Å². The standard InChI is InChI=1S/C18H27N3O3S/c1-25(23,24)21-16-7-5-12(6-8-16)11-20-18(22)15-9-13-3-2-4-14(10-15)17(13)19/h5-8,13-15,17,21H,2-4,9-11,19H2,1H3,(H,20,22). The number of nitrogens with two attached hydrogens (primary N) is 1. The highest BCUT2D eigenvalue weighted by molar-refractivity contribution is 7.92. The fraction of sp³-hybridized carbons (Fsp3) is 0.611. The number of rotatable bonds is 5. The highest BCUT2D eigenvalue weighted by atomic mass is 32.2. The van der Waals surface area contributed by atoms with Crippen molar-refractivity contribution in [2.24, 2.45) is 23.5 Å².